The van der Waals surface area contributed by atoms with Crippen LogP contribution in [0, 0.1) is 19.8 Å². The van der Waals surface area contributed by atoms with Crippen molar-refractivity contribution in [3.8, 4) is 0 Å². The van der Waals surface area contributed by atoms with Gasteiger partial charge in [-0.2, -0.15) is 0 Å². The van der Waals surface area contributed by atoms with Crippen molar-refractivity contribution in [1.29, 1.82) is 0 Å². The Bertz CT molecular complexity index is 1030. The summed E-state index contributed by atoms with van der Waals surface area (Å²) in [6.07, 6.45) is 1.06. The molecule has 0 bridgehead atoms. The molecule has 7 nitrogen and oxygen atoms in total. The van der Waals surface area contributed by atoms with Crippen LogP contribution in [0.2, 0.25) is 0 Å². The van der Waals surface area contributed by atoms with E-state index in [1.807, 2.05) is 26.8 Å². The molecule has 0 aliphatic carbocycles. The van der Waals surface area contributed by atoms with Gasteiger partial charge in [-0.3, -0.25) is 13.9 Å². The maximum Gasteiger partial charge on any atom is 0.253 e. The third-order valence-electron chi connectivity index (χ3n) is 4.43. The monoisotopic (exact) mass is 431 g/mol. The quantitative estimate of drug-likeness (QED) is 0.671. The predicted molar refractivity (Wildman–Crippen MR) is 120 cm³/mol. The Morgan fingerprint density at radius 3 is 2.33 bits per heavy atom. The van der Waals surface area contributed by atoms with E-state index in [0.29, 0.717) is 23.5 Å². The SMILES string of the molecule is Cc1ccc(N(CC(=O)Nc2ccccc2C(=O)NCC(C)C)S(C)(=O)=O)c(C)c1. The number of amides is 2. The molecule has 0 unspecified atom stereocenters. The Labute approximate surface area is 178 Å². The molecule has 0 fully saturated rings. The first-order valence-corrected chi connectivity index (χ1v) is 11.6. The third-order valence-corrected chi connectivity index (χ3v) is 5.55. The normalized spacial score (nSPS) is 11.3. The molecule has 0 atom stereocenters. The first-order valence-electron chi connectivity index (χ1n) is 9.71. The van der Waals surface area contributed by atoms with Gasteiger partial charge in [0, 0.05) is 6.54 Å². The lowest BCUT2D eigenvalue weighted by Crippen LogP contribution is -2.38. The fraction of sp³-hybridized carbons (Fsp3) is 0.364. The van der Waals surface area contributed by atoms with Gasteiger partial charge in [-0.1, -0.05) is 43.7 Å². The number of para-hydroxylation sites is 1. The molecule has 30 heavy (non-hydrogen) atoms. The van der Waals surface area contributed by atoms with E-state index in [1.165, 1.54) is 0 Å². The zero-order valence-electron chi connectivity index (χ0n) is 18.0. The Morgan fingerprint density at radius 1 is 1.07 bits per heavy atom. The van der Waals surface area contributed by atoms with Gasteiger partial charge in [0.15, 0.2) is 0 Å². The van der Waals surface area contributed by atoms with Crippen LogP contribution in [0.4, 0.5) is 11.4 Å². The van der Waals surface area contributed by atoms with E-state index in [2.05, 4.69) is 10.6 Å². The minimum atomic E-state index is -3.69. The fourth-order valence-corrected chi connectivity index (χ4v) is 3.88. The molecule has 0 aromatic heterocycles. The zero-order chi connectivity index (χ0) is 22.5. The second-order valence-electron chi connectivity index (χ2n) is 7.76. The second-order valence-corrected chi connectivity index (χ2v) is 9.66. The summed E-state index contributed by atoms with van der Waals surface area (Å²) in [5.74, 6) is -0.546. The number of rotatable bonds is 8. The average molecular weight is 432 g/mol. The molecule has 0 radical (unpaired) electrons. The Morgan fingerprint density at radius 2 is 1.73 bits per heavy atom. The van der Waals surface area contributed by atoms with E-state index in [4.69, 9.17) is 0 Å². The molecule has 0 aliphatic heterocycles. The smallest absolute Gasteiger partial charge is 0.253 e. The molecule has 2 rings (SSSR count). The Kier molecular flexibility index (Phi) is 7.61. The topological polar surface area (TPSA) is 95.6 Å². The molecule has 162 valence electrons. The Hall–Kier alpha value is -2.87. The molecule has 0 heterocycles. The van der Waals surface area contributed by atoms with E-state index in [0.717, 1.165) is 21.7 Å². The van der Waals surface area contributed by atoms with Crippen molar-refractivity contribution in [1.82, 2.24) is 5.32 Å². The van der Waals surface area contributed by atoms with Gasteiger partial charge in [0.1, 0.15) is 6.54 Å². The van der Waals surface area contributed by atoms with Crippen molar-refractivity contribution in [3.63, 3.8) is 0 Å². The number of benzene rings is 2. The number of aryl methyl sites for hydroxylation is 2. The molecule has 2 aromatic rings. The highest BCUT2D eigenvalue weighted by Crippen LogP contribution is 2.24. The summed E-state index contributed by atoms with van der Waals surface area (Å²) in [5.41, 5.74) is 2.85. The number of carbonyl (C=O) groups is 2. The summed E-state index contributed by atoms with van der Waals surface area (Å²) in [6, 6.07) is 12.0. The van der Waals surface area contributed by atoms with E-state index >= 15 is 0 Å². The molecule has 0 aliphatic rings. The van der Waals surface area contributed by atoms with Crippen molar-refractivity contribution < 1.29 is 18.0 Å². The van der Waals surface area contributed by atoms with Gasteiger partial charge < -0.3 is 10.6 Å². The maximum absolute atomic E-state index is 12.7. The standard InChI is InChI=1S/C22H29N3O4S/c1-15(2)13-23-22(27)18-8-6-7-9-19(18)24-21(26)14-25(30(5,28)29)20-11-10-16(3)12-17(20)4/h6-12,15H,13-14H2,1-5H3,(H,23,27)(H,24,26). The van der Waals surface area contributed by atoms with Crippen molar-refractivity contribution in [3.05, 3.63) is 59.2 Å². The van der Waals surface area contributed by atoms with Gasteiger partial charge in [-0.05, 0) is 43.5 Å². The largest absolute Gasteiger partial charge is 0.352 e. The van der Waals surface area contributed by atoms with Crippen molar-refractivity contribution in [2.45, 2.75) is 27.7 Å². The number of sulfonamides is 1. The first kappa shape index (κ1) is 23.4. The number of anilines is 2. The van der Waals surface area contributed by atoms with Crippen LogP contribution in [0.5, 0.6) is 0 Å². The van der Waals surface area contributed by atoms with E-state index in [-0.39, 0.29) is 11.8 Å². The summed E-state index contributed by atoms with van der Waals surface area (Å²) >= 11 is 0. The van der Waals surface area contributed by atoms with Gasteiger partial charge in [0.2, 0.25) is 15.9 Å². The van der Waals surface area contributed by atoms with Crippen LogP contribution in [0.3, 0.4) is 0 Å². The highest BCUT2D eigenvalue weighted by Gasteiger charge is 2.23. The average Bonchev–Trinajstić information content (AvgIpc) is 2.64. The molecule has 2 amide bonds. The summed E-state index contributed by atoms with van der Waals surface area (Å²) in [6.45, 7) is 7.80. The molecule has 2 aromatic carbocycles. The van der Waals surface area contributed by atoms with Crippen LogP contribution < -0.4 is 14.9 Å². The minimum absolute atomic E-state index is 0.289. The molecule has 0 saturated carbocycles. The predicted octanol–water partition coefficient (Wildman–Crippen LogP) is 3.09. The van der Waals surface area contributed by atoms with Gasteiger partial charge in [0.25, 0.3) is 5.91 Å². The fourth-order valence-electron chi connectivity index (χ4n) is 2.97. The molecular weight excluding hydrogens is 402 g/mol. The lowest BCUT2D eigenvalue weighted by molar-refractivity contribution is -0.114. The lowest BCUT2D eigenvalue weighted by atomic mass is 10.1. The minimum Gasteiger partial charge on any atom is -0.352 e. The number of hydrogen-bond donors (Lipinski definition) is 2. The molecule has 2 N–H and O–H groups in total. The van der Waals surface area contributed by atoms with Gasteiger partial charge >= 0.3 is 0 Å². The zero-order valence-corrected chi connectivity index (χ0v) is 18.8. The van der Waals surface area contributed by atoms with E-state index in [1.54, 1.807) is 43.3 Å². The Balaban J connectivity index is 2.24. The van der Waals surface area contributed by atoms with Crippen LogP contribution >= 0.6 is 0 Å². The first-order chi connectivity index (χ1) is 14.0. The summed E-state index contributed by atoms with van der Waals surface area (Å²) < 4.78 is 25.8. The highest BCUT2D eigenvalue weighted by molar-refractivity contribution is 7.92. The summed E-state index contributed by atoms with van der Waals surface area (Å²) in [4.78, 5) is 25.2. The number of hydrogen-bond acceptors (Lipinski definition) is 4. The summed E-state index contributed by atoms with van der Waals surface area (Å²) in [5, 5.41) is 5.50. The molecule has 0 spiro atoms. The van der Waals surface area contributed by atoms with Crippen molar-refractivity contribution >= 4 is 33.2 Å². The maximum atomic E-state index is 12.7. The molecular formula is C22H29N3O4S. The second kappa shape index (κ2) is 9.75. The number of nitrogens with one attached hydrogen (secondary N) is 2. The van der Waals surface area contributed by atoms with Crippen LogP contribution in [-0.2, 0) is 14.8 Å². The third kappa shape index (κ3) is 6.32. The van der Waals surface area contributed by atoms with Crippen LogP contribution in [0.15, 0.2) is 42.5 Å². The molecule has 8 heteroatoms. The van der Waals surface area contributed by atoms with E-state index < -0.39 is 22.5 Å². The lowest BCUT2D eigenvalue weighted by Gasteiger charge is -2.24. The van der Waals surface area contributed by atoms with Crippen LogP contribution in [0.25, 0.3) is 0 Å². The molecule has 0 saturated heterocycles. The highest BCUT2D eigenvalue weighted by atomic mass is 32.2. The number of carbonyl (C=O) groups excluding carboxylic acids is 2. The van der Waals surface area contributed by atoms with Crippen molar-refractivity contribution in [2.75, 3.05) is 29.0 Å². The van der Waals surface area contributed by atoms with Crippen LogP contribution in [0.1, 0.15) is 35.3 Å². The summed E-state index contributed by atoms with van der Waals surface area (Å²) in [7, 11) is -3.69. The number of nitrogens with zero attached hydrogens (tertiary/aromatic N) is 1. The van der Waals surface area contributed by atoms with Gasteiger partial charge in [-0.25, -0.2) is 8.42 Å². The van der Waals surface area contributed by atoms with Gasteiger partial charge in [0.05, 0.1) is 23.2 Å². The van der Waals surface area contributed by atoms with Gasteiger partial charge in [-0.15, -0.1) is 0 Å². The van der Waals surface area contributed by atoms with E-state index in [9.17, 15) is 18.0 Å². The van der Waals surface area contributed by atoms with Crippen molar-refractivity contribution in [2.24, 2.45) is 5.92 Å². The van der Waals surface area contributed by atoms with Crippen LogP contribution in [-0.4, -0.2) is 39.6 Å².